The van der Waals surface area contributed by atoms with E-state index in [-0.39, 0.29) is 25.4 Å². The number of nitrogens with one attached hydrogen (secondary N) is 1. The van der Waals surface area contributed by atoms with Gasteiger partial charge in [0.05, 0.1) is 12.6 Å². The van der Waals surface area contributed by atoms with Crippen molar-refractivity contribution in [2.24, 2.45) is 0 Å². The maximum atomic E-state index is 12.1. The first-order chi connectivity index (χ1) is 12.0. The molecule has 134 valence electrons. The summed E-state index contributed by atoms with van der Waals surface area (Å²) in [6.07, 6.45) is 0.0823. The zero-order chi connectivity index (χ0) is 18.0. The molecule has 0 aromatic heterocycles. The number of aliphatic carboxylic acids is 1. The molecule has 25 heavy (non-hydrogen) atoms. The summed E-state index contributed by atoms with van der Waals surface area (Å²) < 4.78 is 5.67. The van der Waals surface area contributed by atoms with Gasteiger partial charge in [-0.05, 0) is 18.9 Å². The number of carbonyl (C=O) groups is 3. The van der Waals surface area contributed by atoms with E-state index in [1.807, 2.05) is 0 Å². The monoisotopic (exact) mass is 348 g/mol. The van der Waals surface area contributed by atoms with E-state index in [9.17, 15) is 19.5 Å². The number of aliphatic hydroxyl groups excluding tert-OH is 1. The average Bonchev–Trinajstić information content (AvgIpc) is 2.89. The van der Waals surface area contributed by atoms with Crippen LogP contribution in [0.25, 0.3) is 0 Å². The first-order valence-electron chi connectivity index (χ1n) is 8.21. The number of hydrogen-bond donors (Lipinski definition) is 3. The summed E-state index contributed by atoms with van der Waals surface area (Å²) in [5, 5.41) is 21.5. The van der Waals surface area contributed by atoms with Crippen molar-refractivity contribution in [3.8, 4) is 5.75 Å². The van der Waals surface area contributed by atoms with Crippen molar-refractivity contribution in [1.29, 1.82) is 0 Å². The number of piperidine rings is 1. The predicted molar refractivity (Wildman–Crippen MR) is 85.5 cm³/mol. The molecule has 0 aliphatic carbocycles. The second-order valence-electron chi connectivity index (χ2n) is 6.18. The van der Waals surface area contributed by atoms with E-state index in [1.54, 1.807) is 23.1 Å². The quantitative estimate of drug-likeness (QED) is 0.507. The van der Waals surface area contributed by atoms with Gasteiger partial charge >= 0.3 is 5.97 Å². The summed E-state index contributed by atoms with van der Waals surface area (Å²) in [5.41, 5.74) is 1.45. The van der Waals surface area contributed by atoms with Crippen LogP contribution in [0.1, 0.15) is 43.0 Å². The first-order valence-corrected chi connectivity index (χ1v) is 8.21. The maximum Gasteiger partial charge on any atom is 0.303 e. The lowest BCUT2D eigenvalue weighted by Gasteiger charge is -2.31. The summed E-state index contributed by atoms with van der Waals surface area (Å²) in [4.78, 5) is 35.6. The molecule has 1 fully saturated rings. The van der Waals surface area contributed by atoms with Gasteiger partial charge < -0.3 is 14.9 Å². The minimum Gasteiger partial charge on any atom is -0.493 e. The largest absolute Gasteiger partial charge is 0.493 e. The van der Waals surface area contributed by atoms with E-state index in [0.717, 1.165) is 5.56 Å². The molecule has 0 radical (unpaired) electrons. The highest BCUT2D eigenvalue weighted by Gasteiger charge is 2.40. The molecule has 2 heterocycles. The lowest BCUT2D eigenvalue weighted by atomic mass is 10.0. The molecular formula is C17H20N2O6. The Morgan fingerprint density at radius 1 is 1.36 bits per heavy atom. The number of carboxylic acids is 1. The van der Waals surface area contributed by atoms with Crippen molar-refractivity contribution in [3.05, 3.63) is 29.3 Å². The molecule has 1 saturated heterocycles. The van der Waals surface area contributed by atoms with Crippen LogP contribution >= 0.6 is 0 Å². The van der Waals surface area contributed by atoms with Crippen LogP contribution in [-0.4, -0.2) is 45.5 Å². The van der Waals surface area contributed by atoms with Gasteiger partial charge in [0.15, 0.2) is 0 Å². The molecule has 0 bridgehead atoms. The van der Waals surface area contributed by atoms with Crippen LogP contribution in [0.3, 0.4) is 0 Å². The van der Waals surface area contributed by atoms with Crippen molar-refractivity contribution < 1.29 is 29.3 Å². The van der Waals surface area contributed by atoms with Gasteiger partial charge in [-0.3, -0.25) is 24.6 Å². The molecule has 2 atom stereocenters. The summed E-state index contributed by atoms with van der Waals surface area (Å²) in [6.45, 7) is 0.592. The smallest absolute Gasteiger partial charge is 0.303 e. The molecule has 8 nitrogen and oxygen atoms in total. The highest BCUT2D eigenvalue weighted by atomic mass is 16.5. The Bertz CT molecular complexity index is 704. The molecule has 1 aromatic carbocycles. The fraction of sp³-hybridized carbons (Fsp3) is 0.471. The fourth-order valence-corrected chi connectivity index (χ4v) is 3.26. The first kappa shape index (κ1) is 17.4. The summed E-state index contributed by atoms with van der Waals surface area (Å²) >= 11 is 0. The molecule has 0 spiro atoms. The highest BCUT2D eigenvalue weighted by Crippen LogP contribution is 2.39. The molecule has 3 rings (SSSR count). The van der Waals surface area contributed by atoms with E-state index >= 15 is 0 Å². The number of rotatable bonds is 6. The minimum absolute atomic E-state index is 0.0278. The lowest BCUT2D eigenvalue weighted by molar-refractivity contribution is -0.142. The highest BCUT2D eigenvalue weighted by molar-refractivity contribution is 6.00. The molecule has 2 aliphatic heterocycles. The van der Waals surface area contributed by atoms with E-state index in [0.29, 0.717) is 30.7 Å². The van der Waals surface area contributed by atoms with Gasteiger partial charge in [-0.2, -0.15) is 0 Å². The number of amides is 2. The Hall–Kier alpha value is -2.45. The topological polar surface area (TPSA) is 116 Å². The molecule has 0 saturated carbocycles. The normalized spacial score (nSPS) is 23.2. The van der Waals surface area contributed by atoms with Gasteiger partial charge in [-0.15, -0.1) is 0 Å². The number of hydrogen-bond acceptors (Lipinski definition) is 6. The van der Waals surface area contributed by atoms with Crippen molar-refractivity contribution in [2.45, 2.75) is 44.5 Å². The van der Waals surface area contributed by atoms with Crippen molar-refractivity contribution in [2.75, 3.05) is 6.61 Å². The number of carboxylic acid groups (broad SMARTS) is 1. The minimum atomic E-state index is -0.943. The lowest BCUT2D eigenvalue weighted by Crippen LogP contribution is -2.51. The number of benzene rings is 1. The van der Waals surface area contributed by atoms with Crippen molar-refractivity contribution >= 4 is 17.8 Å². The van der Waals surface area contributed by atoms with Crippen LogP contribution < -0.4 is 10.1 Å². The van der Waals surface area contributed by atoms with Gasteiger partial charge in [0.2, 0.25) is 11.8 Å². The number of aliphatic hydroxyl groups is 1. The van der Waals surface area contributed by atoms with E-state index in [4.69, 9.17) is 9.84 Å². The van der Waals surface area contributed by atoms with Crippen LogP contribution in [-0.2, 0) is 20.9 Å². The Labute approximate surface area is 144 Å². The third-order valence-corrected chi connectivity index (χ3v) is 4.51. The molecule has 2 unspecified atom stereocenters. The Kier molecular flexibility index (Phi) is 5.00. The molecule has 3 N–H and O–H groups in total. The number of imide groups is 1. The van der Waals surface area contributed by atoms with Crippen LogP contribution in [0.2, 0.25) is 0 Å². The summed E-state index contributed by atoms with van der Waals surface area (Å²) in [6, 6.07) is 4.72. The molecule has 2 amide bonds. The van der Waals surface area contributed by atoms with E-state index in [1.165, 1.54) is 0 Å². The van der Waals surface area contributed by atoms with Crippen LogP contribution in [0, 0.1) is 0 Å². The standard InChI is InChI=1S/C17H20N2O6/c20-14-7-6-12(16(23)18-14)19-9-11-10(17(19)24)3-1-4-13(11)25-8-2-5-15(21)22/h1,3-4,12,17,24H,2,5-9H2,(H,21,22)(H,18,20,23). The number of ether oxygens (including phenoxy) is 1. The Balaban J connectivity index is 1.71. The van der Waals surface area contributed by atoms with Gasteiger partial charge in [-0.25, -0.2) is 0 Å². The molecule has 2 aliphatic rings. The van der Waals surface area contributed by atoms with Gasteiger partial charge in [-0.1, -0.05) is 12.1 Å². The SMILES string of the molecule is O=C(O)CCCOc1cccc2c1CN(C1CCC(=O)NC1=O)C2O. The third-order valence-electron chi connectivity index (χ3n) is 4.51. The van der Waals surface area contributed by atoms with Crippen molar-refractivity contribution in [1.82, 2.24) is 10.2 Å². The Morgan fingerprint density at radius 2 is 2.16 bits per heavy atom. The zero-order valence-corrected chi connectivity index (χ0v) is 13.6. The van der Waals surface area contributed by atoms with Gasteiger partial charge in [0.25, 0.3) is 0 Å². The van der Waals surface area contributed by atoms with Crippen molar-refractivity contribution in [3.63, 3.8) is 0 Å². The average molecular weight is 348 g/mol. The number of carbonyl (C=O) groups excluding carboxylic acids is 2. The van der Waals surface area contributed by atoms with Gasteiger partial charge in [0.1, 0.15) is 12.0 Å². The molecule has 8 heteroatoms. The fourth-order valence-electron chi connectivity index (χ4n) is 3.26. The summed E-state index contributed by atoms with van der Waals surface area (Å²) in [7, 11) is 0. The van der Waals surface area contributed by atoms with E-state index in [2.05, 4.69) is 5.32 Å². The number of fused-ring (bicyclic) bond motifs is 1. The van der Waals surface area contributed by atoms with E-state index < -0.39 is 24.1 Å². The van der Waals surface area contributed by atoms with Crippen LogP contribution in [0.5, 0.6) is 5.75 Å². The predicted octanol–water partition coefficient (Wildman–Crippen LogP) is 0.542. The summed E-state index contributed by atoms with van der Waals surface area (Å²) in [5.74, 6) is -0.986. The second-order valence-corrected chi connectivity index (χ2v) is 6.18. The number of nitrogens with zero attached hydrogens (tertiary/aromatic N) is 1. The second kappa shape index (κ2) is 7.20. The molecular weight excluding hydrogens is 328 g/mol. The van der Waals surface area contributed by atoms with Crippen LogP contribution in [0.15, 0.2) is 18.2 Å². The third kappa shape index (κ3) is 3.64. The Morgan fingerprint density at radius 3 is 2.88 bits per heavy atom. The zero-order valence-electron chi connectivity index (χ0n) is 13.6. The maximum absolute atomic E-state index is 12.1. The van der Waals surface area contributed by atoms with Crippen LogP contribution in [0.4, 0.5) is 0 Å². The molecule has 1 aromatic rings. The van der Waals surface area contributed by atoms with Gasteiger partial charge in [0, 0.05) is 30.5 Å².